The summed E-state index contributed by atoms with van der Waals surface area (Å²) in [6.07, 6.45) is 4.94. The SMILES string of the molecule is CCCS(=O)(=O)CC(=O)N(Cc1ccccn1)C1CCCNCC1.Cl. The molecule has 25 heavy (non-hydrogen) atoms. The maximum absolute atomic E-state index is 12.7. The molecule has 1 aliphatic rings. The number of hydrogen-bond acceptors (Lipinski definition) is 5. The van der Waals surface area contributed by atoms with Crippen LogP contribution in [0.4, 0.5) is 0 Å². The second-order valence-electron chi connectivity index (χ2n) is 6.27. The van der Waals surface area contributed by atoms with E-state index in [1.54, 1.807) is 11.1 Å². The van der Waals surface area contributed by atoms with Gasteiger partial charge in [0.25, 0.3) is 0 Å². The molecule has 1 saturated heterocycles. The molecule has 1 atom stereocenters. The normalized spacial score (nSPS) is 18.0. The highest BCUT2D eigenvalue weighted by Crippen LogP contribution is 2.17. The number of pyridine rings is 1. The summed E-state index contributed by atoms with van der Waals surface area (Å²) in [5.74, 6) is -0.652. The van der Waals surface area contributed by atoms with Gasteiger partial charge in [-0.3, -0.25) is 9.78 Å². The molecule has 8 heteroatoms. The van der Waals surface area contributed by atoms with Crippen LogP contribution in [-0.2, 0) is 21.2 Å². The maximum Gasteiger partial charge on any atom is 0.238 e. The number of nitrogens with zero attached hydrogens (tertiary/aromatic N) is 2. The maximum atomic E-state index is 12.7. The van der Waals surface area contributed by atoms with Crippen molar-refractivity contribution in [3.8, 4) is 0 Å². The van der Waals surface area contributed by atoms with E-state index in [0.717, 1.165) is 38.0 Å². The van der Waals surface area contributed by atoms with E-state index in [2.05, 4.69) is 10.3 Å². The van der Waals surface area contributed by atoms with Gasteiger partial charge in [0.2, 0.25) is 5.91 Å². The number of carbonyl (C=O) groups is 1. The lowest BCUT2D eigenvalue weighted by Gasteiger charge is -2.31. The molecule has 1 amide bonds. The average Bonchev–Trinajstić information content (AvgIpc) is 2.82. The first-order valence-corrected chi connectivity index (χ1v) is 10.4. The van der Waals surface area contributed by atoms with Gasteiger partial charge in [-0.05, 0) is 50.9 Å². The van der Waals surface area contributed by atoms with Crippen molar-refractivity contribution in [2.24, 2.45) is 0 Å². The zero-order valence-electron chi connectivity index (χ0n) is 14.7. The minimum Gasteiger partial charge on any atom is -0.333 e. The molecule has 1 unspecified atom stereocenters. The van der Waals surface area contributed by atoms with E-state index in [0.29, 0.717) is 13.0 Å². The zero-order chi connectivity index (χ0) is 17.4. The Hall–Kier alpha value is -1.18. The van der Waals surface area contributed by atoms with Crippen molar-refractivity contribution >= 4 is 28.2 Å². The van der Waals surface area contributed by atoms with Crippen LogP contribution in [0.5, 0.6) is 0 Å². The summed E-state index contributed by atoms with van der Waals surface area (Å²) in [5, 5.41) is 3.33. The fraction of sp³-hybridized carbons (Fsp3) is 0.647. The van der Waals surface area contributed by atoms with Crippen LogP contribution in [0.2, 0.25) is 0 Å². The molecule has 1 N–H and O–H groups in total. The summed E-state index contributed by atoms with van der Waals surface area (Å²) < 4.78 is 24.1. The van der Waals surface area contributed by atoms with Gasteiger partial charge in [-0.2, -0.15) is 0 Å². The van der Waals surface area contributed by atoms with Crippen LogP contribution in [0.1, 0.15) is 38.3 Å². The second-order valence-corrected chi connectivity index (χ2v) is 8.45. The van der Waals surface area contributed by atoms with Crippen molar-refractivity contribution in [3.63, 3.8) is 0 Å². The van der Waals surface area contributed by atoms with Crippen molar-refractivity contribution in [1.82, 2.24) is 15.2 Å². The predicted octanol–water partition coefficient (Wildman–Crippen LogP) is 1.80. The molecule has 0 bridgehead atoms. The molecule has 1 aliphatic heterocycles. The molecule has 2 heterocycles. The molecule has 1 aromatic rings. The third kappa shape index (κ3) is 7.30. The number of nitrogens with one attached hydrogen (secondary N) is 1. The molecule has 1 fully saturated rings. The minimum atomic E-state index is -3.34. The third-order valence-electron chi connectivity index (χ3n) is 4.22. The first-order valence-electron chi connectivity index (χ1n) is 8.62. The largest absolute Gasteiger partial charge is 0.333 e. The van der Waals surface area contributed by atoms with Crippen LogP contribution in [0.25, 0.3) is 0 Å². The molecule has 0 radical (unpaired) electrons. The van der Waals surface area contributed by atoms with Gasteiger partial charge in [-0.25, -0.2) is 8.42 Å². The molecule has 0 spiro atoms. The van der Waals surface area contributed by atoms with Crippen LogP contribution >= 0.6 is 12.4 Å². The van der Waals surface area contributed by atoms with E-state index in [-0.39, 0.29) is 30.1 Å². The number of hydrogen-bond donors (Lipinski definition) is 1. The summed E-state index contributed by atoms with van der Waals surface area (Å²) in [7, 11) is -3.34. The van der Waals surface area contributed by atoms with Crippen LogP contribution in [-0.4, -0.2) is 54.8 Å². The second kappa shape index (κ2) is 10.7. The Morgan fingerprint density at radius 2 is 2.12 bits per heavy atom. The Balaban J connectivity index is 0.00000312. The van der Waals surface area contributed by atoms with Gasteiger partial charge in [0.1, 0.15) is 5.75 Å². The van der Waals surface area contributed by atoms with Crippen molar-refractivity contribution in [3.05, 3.63) is 30.1 Å². The van der Waals surface area contributed by atoms with E-state index in [1.807, 2.05) is 25.1 Å². The Labute approximate surface area is 156 Å². The van der Waals surface area contributed by atoms with E-state index in [9.17, 15) is 13.2 Å². The Kier molecular flexibility index (Phi) is 9.38. The molecular formula is C17H28ClN3O3S. The van der Waals surface area contributed by atoms with E-state index >= 15 is 0 Å². The molecule has 0 aliphatic carbocycles. The summed E-state index contributed by atoms with van der Waals surface area (Å²) in [5.41, 5.74) is 0.788. The van der Waals surface area contributed by atoms with Gasteiger partial charge >= 0.3 is 0 Å². The first kappa shape index (κ1) is 21.9. The highest BCUT2D eigenvalue weighted by atomic mass is 35.5. The molecule has 1 aromatic heterocycles. The number of amides is 1. The van der Waals surface area contributed by atoms with E-state index in [4.69, 9.17) is 0 Å². The lowest BCUT2D eigenvalue weighted by atomic mass is 10.1. The van der Waals surface area contributed by atoms with Crippen LogP contribution in [0.3, 0.4) is 0 Å². The fourth-order valence-corrected chi connectivity index (χ4v) is 4.36. The first-order chi connectivity index (χ1) is 11.5. The van der Waals surface area contributed by atoms with Gasteiger partial charge in [-0.15, -0.1) is 12.4 Å². The van der Waals surface area contributed by atoms with E-state index < -0.39 is 15.6 Å². The summed E-state index contributed by atoms with van der Waals surface area (Å²) in [6, 6.07) is 5.64. The lowest BCUT2D eigenvalue weighted by molar-refractivity contribution is -0.131. The standard InChI is InChI=1S/C17H27N3O3S.ClH/c1-2-12-24(22,23)14-17(21)20(13-15-6-3-4-10-19-15)16-7-5-9-18-11-8-16;/h3-4,6,10,16,18H,2,5,7-9,11-14H2,1H3;1H. The van der Waals surface area contributed by atoms with Gasteiger partial charge < -0.3 is 10.2 Å². The van der Waals surface area contributed by atoms with Crippen molar-refractivity contribution < 1.29 is 13.2 Å². The third-order valence-corrected chi connectivity index (χ3v) is 5.94. The smallest absolute Gasteiger partial charge is 0.238 e. The Bertz CT molecular complexity index is 617. The monoisotopic (exact) mass is 389 g/mol. The molecular weight excluding hydrogens is 362 g/mol. The lowest BCUT2D eigenvalue weighted by Crippen LogP contribution is -2.43. The van der Waals surface area contributed by atoms with E-state index in [1.165, 1.54) is 0 Å². The molecule has 0 aromatic carbocycles. The minimum absolute atomic E-state index is 0. The number of sulfone groups is 1. The number of halogens is 1. The Morgan fingerprint density at radius 3 is 2.80 bits per heavy atom. The molecule has 142 valence electrons. The highest BCUT2D eigenvalue weighted by Gasteiger charge is 2.28. The van der Waals surface area contributed by atoms with Gasteiger partial charge in [0, 0.05) is 12.2 Å². The number of rotatable bonds is 7. The summed E-state index contributed by atoms with van der Waals surface area (Å²) in [4.78, 5) is 18.8. The van der Waals surface area contributed by atoms with Gasteiger partial charge in [-0.1, -0.05) is 13.0 Å². The van der Waals surface area contributed by atoms with Gasteiger partial charge in [0.05, 0.1) is 18.0 Å². The zero-order valence-corrected chi connectivity index (χ0v) is 16.3. The highest BCUT2D eigenvalue weighted by molar-refractivity contribution is 7.92. The summed E-state index contributed by atoms with van der Waals surface area (Å²) >= 11 is 0. The molecule has 2 rings (SSSR count). The topological polar surface area (TPSA) is 79.4 Å². The van der Waals surface area contributed by atoms with Crippen molar-refractivity contribution in [2.45, 2.75) is 45.2 Å². The number of carbonyl (C=O) groups excluding carboxylic acids is 1. The molecule has 0 saturated carbocycles. The van der Waals surface area contributed by atoms with Crippen molar-refractivity contribution in [1.29, 1.82) is 0 Å². The van der Waals surface area contributed by atoms with Crippen LogP contribution < -0.4 is 5.32 Å². The molecule has 6 nitrogen and oxygen atoms in total. The van der Waals surface area contributed by atoms with Gasteiger partial charge in [0.15, 0.2) is 9.84 Å². The Morgan fingerprint density at radius 1 is 1.32 bits per heavy atom. The quantitative estimate of drug-likeness (QED) is 0.769. The predicted molar refractivity (Wildman–Crippen MR) is 101 cm³/mol. The van der Waals surface area contributed by atoms with Crippen molar-refractivity contribution in [2.75, 3.05) is 24.6 Å². The van der Waals surface area contributed by atoms with Crippen LogP contribution in [0, 0.1) is 0 Å². The number of aromatic nitrogens is 1. The summed E-state index contributed by atoms with van der Waals surface area (Å²) in [6.45, 7) is 3.96. The fourth-order valence-electron chi connectivity index (χ4n) is 3.05. The average molecular weight is 390 g/mol. The van der Waals surface area contributed by atoms with Crippen LogP contribution in [0.15, 0.2) is 24.4 Å².